The van der Waals surface area contributed by atoms with E-state index >= 15 is 0 Å². The van der Waals surface area contributed by atoms with Gasteiger partial charge in [-0.15, -0.1) is 0 Å². The highest BCUT2D eigenvalue weighted by atomic mass is 35.5. The van der Waals surface area contributed by atoms with Crippen molar-refractivity contribution >= 4 is 11.6 Å². The SMILES string of the molecule is Clc1ccc(CCNC2CC3CC=CC32)cc1. The van der Waals surface area contributed by atoms with E-state index in [1.54, 1.807) is 0 Å². The van der Waals surface area contributed by atoms with Crippen LogP contribution >= 0.6 is 11.6 Å². The highest BCUT2D eigenvalue weighted by Gasteiger charge is 2.40. The molecule has 0 amide bonds. The Morgan fingerprint density at radius 3 is 2.82 bits per heavy atom. The molecule has 3 unspecified atom stereocenters. The standard InChI is InChI=1S/C15H18ClN/c16-13-6-4-11(5-7-13)8-9-17-15-10-12-2-1-3-14(12)15/h1,3-7,12,14-15,17H,2,8-10H2. The molecule has 1 fully saturated rings. The van der Waals surface area contributed by atoms with Gasteiger partial charge in [-0.05, 0) is 55.3 Å². The van der Waals surface area contributed by atoms with E-state index in [9.17, 15) is 0 Å². The molecule has 1 N–H and O–H groups in total. The first-order chi connectivity index (χ1) is 8.33. The van der Waals surface area contributed by atoms with Crippen molar-refractivity contribution in [2.75, 3.05) is 6.54 Å². The molecule has 3 rings (SSSR count). The van der Waals surface area contributed by atoms with Crippen molar-refractivity contribution in [3.63, 3.8) is 0 Å². The molecule has 2 heteroatoms. The van der Waals surface area contributed by atoms with Crippen LogP contribution in [0.5, 0.6) is 0 Å². The number of halogens is 1. The Balaban J connectivity index is 1.43. The van der Waals surface area contributed by atoms with Gasteiger partial charge >= 0.3 is 0 Å². The molecule has 0 saturated heterocycles. The lowest BCUT2D eigenvalue weighted by molar-refractivity contribution is 0.164. The minimum Gasteiger partial charge on any atom is -0.313 e. The zero-order valence-corrected chi connectivity index (χ0v) is 10.7. The molecule has 0 radical (unpaired) electrons. The first-order valence-electron chi connectivity index (χ1n) is 6.47. The van der Waals surface area contributed by atoms with Crippen molar-refractivity contribution in [2.24, 2.45) is 11.8 Å². The molecule has 0 spiro atoms. The Kier molecular flexibility index (Phi) is 3.21. The summed E-state index contributed by atoms with van der Waals surface area (Å²) in [5, 5.41) is 4.49. The van der Waals surface area contributed by atoms with E-state index in [0.29, 0.717) is 0 Å². The monoisotopic (exact) mass is 247 g/mol. The van der Waals surface area contributed by atoms with Crippen molar-refractivity contribution in [3.05, 3.63) is 47.0 Å². The molecule has 0 bridgehead atoms. The number of nitrogens with one attached hydrogen (secondary N) is 1. The highest BCUT2D eigenvalue weighted by Crippen LogP contribution is 2.42. The maximum Gasteiger partial charge on any atom is 0.0406 e. The van der Waals surface area contributed by atoms with Crippen LogP contribution in [0.3, 0.4) is 0 Å². The Hall–Kier alpha value is -0.790. The lowest BCUT2D eigenvalue weighted by Crippen LogP contribution is -2.48. The maximum atomic E-state index is 5.87. The number of benzene rings is 1. The normalized spacial score (nSPS) is 30.1. The smallest absolute Gasteiger partial charge is 0.0406 e. The van der Waals surface area contributed by atoms with Gasteiger partial charge in [0.05, 0.1) is 0 Å². The Morgan fingerprint density at radius 1 is 1.24 bits per heavy atom. The molecule has 1 nitrogen and oxygen atoms in total. The predicted octanol–water partition coefficient (Wildman–Crippen LogP) is 3.44. The molecule has 90 valence electrons. The number of hydrogen-bond acceptors (Lipinski definition) is 1. The van der Waals surface area contributed by atoms with Gasteiger partial charge in [-0.25, -0.2) is 0 Å². The first kappa shape index (κ1) is 11.3. The van der Waals surface area contributed by atoms with E-state index in [2.05, 4.69) is 29.6 Å². The molecular weight excluding hydrogens is 230 g/mol. The summed E-state index contributed by atoms with van der Waals surface area (Å²) in [4.78, 5) is 0. The summed E-state index contributed by atoms with van der Waals surface area (Å²) in [6.07, 6.45) is 8.50. The summed E-state index contributed by atoms with van der Waals surface area (Å²) in [6.45, 7) is 1.07. The molecule has 1 aromatic carbocycles. The zero-order chi connectivity index (χ0) is 11.7. The van der Waals surface area contributed by atoms with Crippen LogP contribution in [0.2, 0.25) is 5.02 Å². The van der Waals surface area contributed by atoms with E-state index in [-0.39, 0.29) is 0 Å². The molecule has 2 aliphatic rings. The third kappa shape index (κ3) is 2.41. The third-order valence-electron chi connectivity index (χ3n) is 4.10. The second-order valence-corrected chi connectivity index (χ2v) is 5.61. The van der Waals surface area contributed by atoms with Crippen LogP contribution in [-0.4, -0.2) is 12.6 Å². The van der Waals surface area contributed by atoms with Crippen molar-refractivity contribution in [1.82, 2.24) is 5.32 Å². The van der Waals surface area contributed by atoms with Gasteiger partial charge < -0.3 is 5.32 Å². The van der Waals surface area contributed by atoms with Gasteiger partial charge in [0.25, 0.3) is 0 Å². The van der Waals surface area contributed by atoms with Gasteiger partial charge in [-0.2, -0.15) is 0 Å². The number of hydrogen-bond donors (Lipinski definition) is 1. The Labute approximate surface area is 108 Å². The van der Waals surface area contributed by atoms with Crippen molar-refractivity contribution < 1.29 is 0 Å². The fourth-order valence-corrected chi connectivity index (χ4v) is 3.13. The van der Waals surface area contributed by atoms with Crippen LogP contribution in [0.15, 0.2) is 36.4 Å². The Bertz CT molecular complexity index is 409. The number of fused-ring (bicyclic) bond motifs is 1. The van der Waals surface area contributed by atoms with Gasteiger partial charge in [-0.3, -0.25) is 0 Å². The second-order valence-electron chi connectivity index (χ2n) is 5.17. The fourth-order valence-electron chi connectivity index (χ4n) is 3.00. The molecule has 0 aromatic heterocycles. The molecule has 1 saturated carbocycles. The topological polar surface area (TPSA) is 12.0 Å². The second kappa shape index (κ2) is 4.83. The lowest BCUT2D eigenvalue weighted by atomic mass is 9.71. The summed E-state index contributed by atoms with van der Waals surface area (Å²) >= 11 is 5.87. The predicted molar refractivity (Wildman–Crippen MR) is 72.3 cm³/mol. The maximum absolute atomic E-state index is 5.87. The van der Waals surface area contributed by atoms with Gasteiger partial charge in [0.1, 0.15) is 0 Å². The van der Waals surface area contributed by atoms with Crippen molar-refractivity contribution in [2.45, 2.75) is 25.3 Å². The molecule has 17 heavy (non-hydrogen) atoms. The van der Waals surface area contributed by atoms with E-state index in [1.807, 2.05) is 12.1 Å². The summed E-state index contributed by atoms with van der Waals surface area (Å²) in [6, 6.07) is 8.89. The van der Waals surface area contributed by atoms with E-state index in [0.717, 1.165) is 35.9 Å². The minimum atomic E-state index is 0.728. The number of rotatable bonds is 4. The highest BCUT2D eigenvalue weighted by molar-refractivity contribution is 6.30. The molecule has 3 atom stereocenters. The van der Waals surface area contributed by atoms with E-state index in [4.69, 9.17) is 11.6 Å². The summed E-state index contributed by atoms with van der Waals surface area (Å²) in [7, 11) is 0. The lowest BCUT2D eigenvalue weighted by Gasteiger charge is -2.40. The minimum absolute atomic E-state index is 0.728. The Morgan fingerprint density at radius 2 is 2.06 bits per heavy atom. The van der Waals surface area contributed by atoms with Crippen LogP contribution in [0.1, 0.15) is 18.4 Å². The van der Waals surface area contributed by atoms with Crippen molar-refractivity contribution in [1.29, 1.82) is 0 Å². The van der Waals surface area contributed by atoms with Crippen LogP contribution in [0, 0.1) is 11.8 Å². The largest absolute Gasteiger partial charge is 0.313 e. The van der Waals surface area contributed by atoms with Gasteiger partial charge in [0.2, 0.25) is 0 Å². The zero-order valence-electron chi connectivity index (χ0n) is 9.90. The number of allylic oxidation sites excluding steroid dienone is 1. The van der Waals surface area contributed by atoms with Crippen molar-refractivity contribution in [3.8, 4) is 0 Å². The fraction of sp³-hybridized carbons (Fsp3) is 0.467. The van der Waals surface area contributed by atoms with Gasteiger partial charge in [0, 0.05) is 11.1 Å². The molecule has 1 aromatic rings. The average molecular weight is 248 g/mol. The van der Waals surface area contributed by atoms with Crippen LogP contribution in [-0.2, 0) is 6.42 Å². The van der Waals surface area contributed by atoms with Crippen LogP contribution in [0.25, 0.3) is 0 Å². The average Bonchev–Trinajstić information content (AvgIpc) is 2.68. The third-order valence-corrected chi connectivity index (χ3v) is 4.35. The molecule has 2 aliphatic carbocycles. The van der Waals surface area contributed by atoms with Gasteiger partial charge in [-0.1, -0.05) is 35.9 Å². The summed E-state index contributed by atoms with van der Waals surface area (Å²) in [5.41, 5.74) is 1.36. The van der Waals surface area contributed by atoms with Crippen LogP contribution < -0.4 is 5.32 Å². The van der Waals surface area contributed by atoms with E-state index < -0.39 is 0 Å². The molecule has 0 heterocycles. The van der Waals surface area contributed by atoms with Gasteiger partial charge in [0.15, 0.2) is 0 Å². The molecule has 0 aliphatic heterocycles. The molecular formula is C15H18ClN. The quantitative estimate of drug-likeness (QED) is 0.804. The van der Waals surface area contributed by atoms with Crippen LogP contribution in [0.4, 0.5) is 0 Å². The van der Waals surface area contributed by atoms with E-state index in [1.165, 1.54) is 18.4 Å². The first-order valence-corrected chi connectivity index (χ1v) is 6.85. The summed E-state index contributed by atoms with van der Waals surface area (Å²) in [5.74, 6) is 1.77. The summed E-state index contributed by atoms with van der Waals surface area (Å²) < 4.78 is 0.